The monoisotopic (exact) mass is 334 g/mol. The van der Waals surface area contributed by atoms with E-state index in [0.717, 1.165) is 42.0 Å². The van der Waals surface area contributed by atoms with E-state index in [2.05, 4.69) is 28.6 Å². The number of hydrogen-bond donors (Lipinski definition) is 2. The van der Waals surface area contributed by atoms with Crippen molar-refractivity contribution in [2.75, 3.05) is 13.1 Å². The van der Waals surface area contributed by atoms with Crippen LogP contribution in [0.25, 0.3) is 5.65 Å². The Labute approximate surface area is 147 Å². The van der Waals surface area contributed by atoms with Crippen molar-refractivity contribution < 1.29 is 4.79 Å². The van der Waals surface area contributed by atoms with Crippen LogP contribution in [0.3, 0.4) is 0 Å². The SMILES string of the molecule is Cc1ccc2nc(CNC(=O)c3ccccc3C3CCNC3)cn2c1. The number of carbonyl (C=O) groups excluding carboxylic acids is 1. The number of amides is 1. The number of aryl methyl sites for hydroxylation is 1. The molecule has 2 aromatic heterocycles. The third-order valence-electron chi connectivity index (χ3n) is 4.78. The molecule has 1 atom stereocenters. The van der Waals surface area contributed by atoms with Crippen LogP contribution in [0.2, 0.25) is 0 Å². The first kappa shape index (κ1) is 15.8. The lowest BCUT2D eigenvalue weighted by Crippen LogP contribution is -2.25. The zero-order valence-corrected chi connectivity index (χ0v) is 14.3. The summed E-state index contributed by atoms with van der Waals surface area (Å²) >= 11 is 0. The molecular weight excluding hydrogens is 312 g/mol. The average molecular weight is 334 g/mol. The molecule has 1 fully saturated rings. The van der Waals surface area contributed by atoms with Crippen LogP contribution in [0.5, 0.6) is 0 Å². The Kier molecular flexibility index (Phi) is 4.24. The van der Waals surface area contributed by atoms with E-state index in [9.17, 15) is 4.79 Å². The minimum atomic E-state index is -0.0317. The van der Waals surface area contributed by atoms with Gasteiger partial charge in [0, 0.05) is 24.5 Å². The molecule has 0 bridgehead atoms. The maximum atomic E-state index is 12.7. The smallest absolute Gasteiger partial charge is 0.251 e. The zero-order valence-electron chi connectivity index (χ0n) is 14.3. The van der Waals surface area contributed by atoms with Crippen LogP contribution in [0, 0.1) is 6.92 Å². The minimum absolute atomic E-state index is 0.0317. The second kappa shape index (κ2) is 6.69. The lowest BCUT2D eigenvalue weighted by molar-refractivity contribution is 0.0949. The number of imidazole rings is 1. The molecule has 1 aliphatic heterocycles. The van der Waals surface area contributed by atoms with Crippen LogP contribution in [0.1, 0.15) is 39.5 Å². The van der Waals surface area contributed by atoms with E-state index in [0.29, 0.717) is 12.5 Å². The molecule has 1 unspecified atom stereocenters. The van der Waals surface area contributed by atoms with Gasteiger partial charge in [0.1, 0.15) is 5.65 Å². The molecule has 5 nitrogen and oxygen atoms in total. The lowest BCUT2D eigenvalue weighted by Gasteiger charge is -2.14. The molecule has 0 aliphatic carbocycles. The summed E-state index contributed by atoms with van der Waals surface area (Å²) < 4.78 is 2.00. The third-order valence-corrected chi connectivity index (χ3v) is 4.78. The van der Waals surface area contributed by atoms with Crippen LogP contribution in [-0.4, -0.2) is 28.4 Å². The molecular formula is C20H22N4O. The molecule has 4 rings (SSSR count). The number of aromatic nitrogens is 2. The van der Waals surface area contributed by atoms with Gasteiger partial charge in [-0.3, -0.25) is 4.79 Å². The molecule has 0 radical (unpaired) electrons. The second-order valence-electron chi connectivity index (χ2n) is 6.66. The number of hydrogen-bond acceptors (Lipinski definition) is 3. The number of nitrogens with zero attached hydrogens (tertiary/aromatic N) is 2. The summed E-state index contributed by atoms with van der Waals surface area (Å²) in [6, 6.07) is 11.9. The van der Waals surface area contributed by atoms with Crippen molar-refractivity contribution in [3.63, 3.8) is 0 Å². The van der Waals surface area contributed by atoms with Gasteiger partial charge >= 0.3 is 0 Å². The molecule has 2 N–H and O–H groups in total. The molecule has 128 valence electrons. The van der Waals surface area contributed by atoms with Crippen molar-refractivity contribution in [3.05, 3.63) is 71.2 Å². The molecule has 0 spiro atoms. The Balaban J connectivity index is 1.50. The predicted octanol–water partition coefficient (Wildman–Crippen LogP) is 2.65. The Bertz CT molecular complexity index is 909. The number of pyridine rings is 1. The number of nitrogens with one attached hydrogen (secondary N) is 2. The molecule has 1 saturated heterocycles. The van der Waals surface area contributed by atoms with Gasteiger partial charge in [-0.2, -0.15) is 0 Å². The normalized spacial score (nSPS) is 17.1. The lowest BCUT2D eigenvalue weighted by atomic mass is 9.93. The first-order valence-corrected chi connectivity index (χ1v) is 8.73. The van der Waals surface area contributed by atoms with Gasteiger partial charge in [0.25, 0.3) is 5.91 Å². The Hall–Kier alpha value is -2.66. The fraction of sp³-hybridized carbons (Fsp3) is 0.300. The molecule has 25 heavy (non-hydrogen) atoms. The zero-order chi connectivity index (χ0) is 17.2. The van der Waals surface area contributed by atoms with Crippen molar-refractivity contribution in [1.29, 1.82) is 0 Å². The van der Waals surface area contributed by atoms with E-state index in [1.165, 1.54) is 5.56 Å². The highest BCUT2D eigenvalue weighted by atomic mass is 16.1. The summed E-state index contributed by atoms with van der Waals surface area (Å²) in [5.74, 6) is 0.385. The quantitative estimate of drug-likeness (QED) is 0.771. The van der Waals surface area contributed by atoms with Crippen LogP contribution < -0.4 is 10.6 Å². The Morgan fingerprint density at radius 1 is 1.28 bits per heavy atom. The van der Waals surface area contributed by atoms with Crippen molar-refractivity contribution >= 4 is 11.6 Å². The van der Waals surface area contributed by atoms with E-state index >= 15 is 0 Å². The highest BCUT2D eigenvalue weighted by Crippen LogP contribution is 2.25. The second-order valence-corrected chi connectivity index (χ2v) is 6.66. The molecule has 1 aromatic carbocycles. The van der Waals surface area contributed by atoms with E-state index in [4.69, 9.17) is 0 Å². The van der Waals surface area contributed by atoms with Crippen molar-refractivity contribution in [1.82, 2.24) is 20.0 Å². The molecule has 0 saturated carbocycles. The fourth-order valence-corrected chi connectivity index (χ4v) is 3.49. The maximum absolute atomic E-state index is 12.7. The summed E-state index contributed by atoms with van der Waals surface area (Å²) in [5, 5.41) is 6.39. The third kappa shape index (κ3) is 3.28. The first-order valence-electron chi connectivity index (χ1n) is 8.73. The first-order chi connectivity index (χ1) is 12.2. The van der Waals surface area contributed by atoms with E-state index in [1.54, 1.807) is 0 Å². The topological polar surface area (TPSA) is 58.4 Å². The summed E-state index contributed by atoms with van der Waals surface area (Å²) in [6.07, 6.45) is 5.08. The number of benzene rings is 1. The van der Waals surface area contributed by atoms with Gasteiger partial charge in [-0.15, -0.1) is 0 Å². The van der Waals surface area contributed by atoms with E-state index in [1.807, 2.05) is 47.1 Å². The van der Waals surface area contributed by atoms with Crippen molar-refractivity contribution in [2.24, 2.45) is 0 Å². The predicted molar refractivity (Wildman–Crippen MR) is 97.8 cm³/mol. The fourth-order valence-electron chi connectivity index (χ4n) is 3.49. The van der Waals surface area contributed by atoms with E-state index < -0.39 is 0 Å². The van der Waals surface area contributed by atoms with Crippen molar-refractivity contribution in [2.45, 2.75) is 25.8 Å². The van der Waals surface area contributed by atoms with Gasteiger partial charge in [0.15, 0.2) is 0 Å². The number of rotatable bonds is 4. The van der Waals surface area contributed by atoms with Crippen LogP contribution in [0.15, 0.2) is 48.8 Å². The largest absolute Gasteiger partial charge is 0.346 e. The average Bonchev–Trinajstić information content (AvgIpc) is 3.28. The number of carbonyl (C=O) groups is 1. The number of fused-ring (bicyclic) bond motifs is 1. The van der Waals surface area contributed by atoms with Gasteiger partial charge < -0.3 is 15.0 Å². The Morgan fingerprint density at radius 3 is 3.00 bits per heavy atom. The van der Waals surface area contributed by atoms with Crippen LogP contribution in [-0.2, 0) is 6.54 Å². The summed E-state index contributed by atoms with van der Waals surface area (Å²) in [4.78, 5) is 17.3. The minimum Gasteiger partial charge on any atom is -0.346 e. The van der Waals surface area contributed by atoms with Crippen LogP contribution in [0.4, 0.5) is 0 Å². The summed E-state index contributed by atoms with van der Waals surface area (Å²) in [7, 11) is 0. The van der Waals surface area contributed by atoms with Gasteiger partial charge in [0.05, 0.1) is 12.2 Å². The summed E-state index contributed by atoms with van der Waals surface area (Å²) in [5.41, 5.74) is 4.84. The van der Waals surface area contributed by atoms with Gasteiger partial charge in [-0.1, -0.05) is 24.3 Å². The standard InChI is InChI=1S/C20H22N4O/c1-14-6-7-19-23-16(13-24(19)12-14)11-22-20(25)18-5-3-2-4-17(18)15-8-9-21-10-15/h2-7,12-13,15,21H,8-11H2,1H3,(H,22,25). The van der Waals surface area contributed by atoms with Gasteiger partial charge in [-0.25, -0.2) is 4.98 Å². The maximum Gasteiger partial charge on any atom is 0.251 e. The summed E-state index contributed by atoms with van der Waals surface area (Å²) in [6.45, 7) is 4.43. The molecule has 3 heterocycles. The van der Waals surface area contributed by atoms with E-state index in [-0.39, 0.29) is 5.91 Å². The highest BCUT2D eigenvalue weighted by molar-refractivity contribution is 5.95. The molecule has 1 amide bonds. The molecule has 3 aromatic rings. The molecule has 5 heteroatoms. The van der Waals surface area contributed by atoms with Gasteiger partial charge in [-0.05, 0) is 49.1 Å². The van der Waals surface area contributed by atoms with Gasteiger partial charge in [0.2, 0.25) is 0 Å². The van der Waals surface area contributed by atoms with Crippen LogP contribution >= 0.6 is 0 Å². The Morgan fingerprint density at radius 2 is 2.16 bits per heavy atom. The highest BCUT2D eigenvalue weighted by Gasteiger charge is 2.21. The van der Waals surface area contributed by atoms with Crippen molar-refractivity contribution in [3.8, 4) is 0 Å². The molecule has 1 aliphatic rings.